The number of hydrogen-bond acceptors (Lipinski definition) is 3. The van der Waals surface area contributed by atoms with Crippen molar-refractivity contribution in [1.29, 1.82) is 0 Å². The molecule has 0 unspecified atom stereocenters. The molecule has 2 aromatic carbocycles. The van der Waals surface area contributed by atoms with Crippen LogP contribution in [0.3, 0.4) is 0 Å². The Morgan fingerprint density at radius 1 is 0.750 bits per heavy atom. The average Bonchev–Trinajstić information content (AvgIpc) is 2.90. The van der Waals surface area contributed by atoms with Gasteiger partial charge in [0.05, 0.1) is 14.2 Å². The van der Waals surface area contributed by atoms with Gasteiger partial charge in [-0.25, -0.2) is 0 Å². The number of rotatable bonds is 4. The maximum atomic E-state index is 5.45. The van der Waals surface area contributed by atoms with Gasteiger partial charge in [-0.3, -0.25) is 0 Å². The van der Waals surface area contributed by atoms with Gasteiger partial charge in [-0.2, -0.15) is 0 Å². The molecule has 0 saturated heterocycles. The molecule has 0 N–H and O–H groups in total. The third kappa shape index (κ3) is 3.08. The summed E-state index contributed by atoms with van der Waals surface area (Å²) in [5.74, 6) is 1.51. The molecule has 24 heavy (non-hydrogen) atoms. The lowest BCUT2D eigenvalue weighted by molar-refractivity contribution is 0.355. The van der Waals surface area contributed by atoms with Crippen molar-refractivity contribution in [1.82, 2.24) is 0 Å². The topological polar surface area (TPSA) is 18.5 Å². The SMILES string of the molecule is COc1ccc(-c2sc(-c3ccc(Br)cc3)c(C)c2C)cc1OC. The van der Waals surface area contributed by atoms with E-state index in [9.17, 15) is 0 Å². The van der Waals surface area contributed by atoms with Gasteiger partial charge in [0.2, 0.25) is 0 Å². The zero-order valence-corrected chi connectivity index (χ0v) is 16.5. The van der Waals surface area contributed by atoms with Gasteiger partial charge < -0.3 is 9.47 Å². The van der Waals surface area contributed by atoms with E-state index in [4.69, 9.17) is 9.47 Å². The van der Waals surface area contributed by atoms with E-state index in [2.05, 4.69) is 60.1 Å². The molecule has 0 aliphatic rings. The molecular formula is C20H19BrO2S. The summed E-state index contributed by atoms with van der Waals surface area (Å²) < 4.78 is 11.9. The van der Waals surface area contributed by atoms with Crippen molar-refractivity contribution >= 4 is 27.3 Å². The fraction of sp³-hybridized carbons (Fsp3) is 0.200. The third-order valence-electron chi connectivity index (χ3n) is 4.20. The minimum Gasteiger partial charge on any atom is -0.493 e. The van der Waals surface area contributed by atoms with Crippen LogP contribution in [0.2, 0.25) is 0 Å². The van der Waals surface area contributed by atoms with Crippen LogP contribution in [-0.2, 0) is 0 Å². The normalized spacial score (nSPS) is 10.7. The van der Waals surface area contributed by atoms with Crippen molar-refractivity contribution in [2.24, 2.45) is 0 Å². The summed E-state index contributed by atoms with van der Waals surface area (Å²) in [5, 5.41) is 0. The van der Waals surface area contributed by atoms with Crippen molar-refractivity contribution in [2.75, 3.05) is 14.2 Å². The van der Waals surface area contributed by atoms with Crippen LogP contribution < -0.4 is 9.47 Å². The summed E-state index contributed by atoms with van der Waals surface area (Å²) in [5.41, 5.74) is 5.04. The van der Waals surface area contributed by atoms with E-state index in [0.29, 0.717) is 0 Å². The minimum absolute atomic E-state index is 0.750. The van der Waals surface area contributed by atoms with E-state index < -0.39 is 0 Å². The van der Waals surface area contributed by atoms with Gasteiger partial charge in [-0.15, -0.1) is 11.3 Å². The summed E-state index contributed by atoms with van der Waals surface area (Å²) >= 11 is 5.32. The molecular weight excluding hydrogens is 384 g/mol. The number of halogens is 1. The van der Waals surface area contributed by atoms with Crippen LogP contribution in [0, 0.1) is 13.8 Å². The lowest BCUT2D eigenvalue weighted by atomic mass is 10.0. The molecule has 0 atom stereocenters. The van der Waals surface area contributed by atoms with Crippen LogP contribution in [0.1, 0.15) is 11.1 Å². The second-order valence-corrected chi connectivity index (χ2v) is 7.52. The highest BCUT2D eigenvalue weighted by Gasteiger charge is 2.16. The van der Waals surface area contributed by atoms with E-state index >= 15 is 0 Å². The molecule has 0 spiro atoms. The van der Waals surface area contributed by atoms with Gasteiger partial charge in [0, 0.05) is 14.2 Å². The van der Waals surface area contributed by atoms with Gasteiger partial charge in [-0.1, -0.05) is 28.1 Å². The van der Waals surface area contributed by atoms with E-state index in [1.165, 1.54) is 26.4 Å². The van der Waals surface area contributed by atoms with Crippen LogP contribution >= 0.6 is 27.3 Å². The maximum absolute atomic E-state index is 5.45. The number of benzene rings is 2. The first kappa shape index (κ1) is 17.1. The maximum Gasteiger partial charge on any atom is 0.161 e. The smallest absolute Gasteiger partial charge is 0.161 e. The molecule has 0 fully saturated rings. The molecule has 1 heterocycles. The predicted molar refractivity (Wildman–Crippen MR) is 105 cm³/mol. The monoisotopic (exact) mass is 402 g/mol. The van der Waals surface area contributed by atoms with E-state index in [-0.39, 0.29) is 0 Å². The summed E-state index contributed by atoms with van der Waals surface area (Å²) in [6, 6.07) is 14.6. The van der Waals surface area contributed by atoms with Gasteiger partial charge in [-0.05, 0) is 66.4 Å². The highest BCUT2D eigenvalue weighted by molar-refractivity contribution is 9.10. The Morgan fingerprint density at radius 3 is 1.88 bits per heavy atom. The Labute approximate surface area is 155 Å². The minimum atomic E-state index is 0.750. The van der Waals surface area contributed by atoms with Crippen LogP contribution in [0.5, 0.6) is 11.5 Å². The molecule has 0 aliphatic carbocycles. The predicted octanol–water partition coefficient (Wildman–Crippen LogP) is 6.48. The Kier molecular flexibility index (Phi) is 4.97. The number of methoxy groups -OCH3 is 2. The lowest BCUT2D eigenvalue weighted by Crippen LogP contribution is -1.90. The summed E-state index contributed by atoms with van der Waals surface area (Å²) in [7, 11) is 3.32. The highest BCUT2D eigenvalue weighted by atomic mass is 79.9. The van der Waals surface area contributed by atoms with Crippen LogP contribution in [0.25, 0.3) is 20.9 Å². The van der Waals surface area contributed by atoms with Crippen LogP contribution in [-0.4, -0.2) is 14.2 Å². The molecule has 3 rings (SSSR count). The molecule has 2 nitrogen and oxygen atoms in total. The standard InChI is InChI=1S/C20H19BrO2S/c1-12-13(2)20(15-7-10-17(22-3)18(11-15)23-4)24-19(12)14-5-8-16(21)9-6-14/h5-11H,1-4H3. The second-order valence-electron chi connectivity index (χ2n) is 5.59. The Balaban J connectivity index is 2.10. The highest BCUT2D eigenvalue weighted by Crippen LogP contribution is 2.43. The number of hydrogen-bond donors (Lipinski definition) is 0. The first-order valence-corrected chi connectivity index (χ1v) is 9.24. The van der Waals surface area contributed by atoms with E-state index in [1.54, 1.807) is 14.2 Å². The zero-order chi connectivity index (χ0) is 17.3. The molecule has 4 heteroatoms. The van der Waals surface area contributed by atoms with Crippen molar-refractivity contribution < 1.29 is 9.47 Å². The Hall–Kier alpha value is -1.78. The molecule has 0 radical (unpaired) electrons. The van der Waals surface area contributed by atoms with E-state index in [0.717, 1.165) is 21.5 Å². The molecule has 0 bridgehead atoms. The first-order chi connectivity index (χ1) is 11.5. The van der Waals surface area contributed by atoms with Gasteiger partial charge >= 0.3 is 0 Å². The van der Waals surface area contributed by atoms with Gasteiger partial charge in [0.25, 0.3) is 0 Å². The summed E-state index contributed by atoms with van der Waals surface area (Å²) in [4.78, 5) is 2.58. The Morgan fingerprint density at radius 2 is 1.29 bits per heavy atom. The molecule has 1 aromatic heterocycles. The van der Waals surface area contributed by atoms with Crippen molar-refractivity contribution in [3.63, 3.8) is 0 Å². The van der Waals surface area contributed by atoms with E-state index in [1.807, 2.05) is 23.5 Å². The van der Waals surface area contributed by atoms with Gasteiger partial charge in [0.15, 0.2) is 11.5 Å². The average molecular weight is 403 g/mol. The van der Waals surface area contributed by atoms with Crippen molar-refractivity contribution in [3.05, 3.63) is 58.1 Å². The van der Waals surface area contributed by atoms with Crippen molar-refractivity contribution in [2.45, 2.75) is 13.8 Å². The van der Waals surface area contributed by atoms with Crippen LogP contribution in [0.4, 0.5) is 0 Å². The summed E-state index contributed by atoms with van der Waals surface area (Å²) in [6.07, 6.45) is 0. The lowest BCUT2D eigenvalue weighted by Gasteiger charge is -2.09. The second kappa shape index (κ2) is 6.99. The number of thiophene rings is 1. The largest absolute Gasteiger partial charge is 0.493 e. The van der Waals surface area contributed by atoms with Crippen LogP contribution in [0.15, 0.2) is 46.9 Å². The summed E-state index contributed by atoms with van der Waals surface area (Å²) in [6.45, 7) is 4.37. The Bertz CT molecular complexity index is 866. The molecule has 0 saturated carbocycles. The molecule has 0 amide bonds. The quantitative estimate of drug-likeness (QED) is 0.497. The zero-order valence-electron chi connectivity index (χ0n) is 14.1. The van der Waals surface area contributed by atoms with Gasteiger partial charge in [0.1, 0.15) is 0 Å². The first-order valence-electron chi connectivity index (χ1n) is 7.63. The molecule has 0 aliphatic heterocycles. The molecule has 124 valence electrons. The fourth-order valence-electron chi connectivity index (χ4n) is 2.73. The third-order valence-corrected chi connectivity index (χ3v) is 6.22. The fourth-order valence-corrected chi connectivity index (χ4v) is 4.30. The number of ether oxygens (including phenoxy) is 2. The van der Waals surface area contributed by atoms with Crippen molar-refractivity contribution in [3.8, 4) is 32.4 Å². The molecule has 3 aromatic rings.